The summed E-state index contributed by atoms with van der Waals surface area (Å²) >= 11 is 0. The Balaban J connectivity index is 1.66. The zero-order valence-electron chi connectivity index (χ0n) is 54.6. The van der Waals surface area contributed by atoms with Crippen molar-refractivity contribution in [1.82, 2.24) is 56.9 Å². The van der Waals surface area contributed by atoms with Crippen LogP contribution < -0.4 is 58.7 Å². The van der Waals surface area contributed by atoms with E-state index < -0.39 is 139 Å². The third-order valence-corrected chi connectivity index (χ3v) is 14.5. The number of benzene rings is 1. The molecule has 0 saturated heterocycles. The Morgan fingerprint density at radius 1 is 0.408 bits per heavy atom. The van der Waals surface area contributed by atoms with Gasteiger partial charge in [-0.2, -0.15) is 0 Å². The maximum atomic E-state index is 13.0. The highest BCUT2D eigenvalue weighted by Gasteiger charge is 2.26. The Hall–Kier alpha value is -9.92. The molecule has 2 atom stereocenters. The number of hydroxylamine groups is 6. The lowest BCUT2D eigenvalue weighted by atomic mass is 10.1. The number of hydrogen-bond acceptors (Lipinski definition) is 23. The van der Waals surface area contributed by atoms with Crippen LogP contribution in [0.2, 0.25) is 0 Å². The lowest BCUT2D eigenvalue weighted by molar-refractivity contribution is -0.166. The van der Waals surface area contributed by atoms with Gasteiger partial charge in [0.2, 0.25) is 41.4 Å². The van der Waals surface area contributed by atoms with Crippen LogP contribution >= 0.6 is 0 Å². The second-order valence-electron chi connectivity index (χ2n) is 22.6. The van der Waals surface area contributed by atoms with Gasteiger partial charge < -0.3 is 73.4 Å². The fourth-order valence-electron chi connectivity index (χ4n) is 9.14. The number of amides is 10. The number of nitrogens with zero attached hydrogens (tertiary/aromatic N) is 5. The van der Waals surface area contributed by atoms with Gasteiger partial charge in [-0.05, 0) is 108 Å². The quantitative estimate of drug-likeness (QED) is 0.0156. The van der Waals surface area contributed by atoms with Crippen molar-refractivity contribution in [3.63, 3.8) is 0 Å². The number of carbonyl (C=O) groups is 14. The van der Waals surface area contributed by atoms with Crippen LogP contribution in [-0.4, -0.2) is 260 Å². The van der Waals surface area contributed by atoms with E-state index in [0.29, 0.717) is 79.5 Å². The van der Waals surface area contributed by atoms with Crippen molar-refractivity contribution in [2.45, 2.75) is 135 Å². The van der Waals surface area contributed by atoms with Crippen molar-refractivity contribution in [3.8, 4) is 0 Å². The number of anilines is 3. The largest absolute Gasteiger partial charge is 0.481 e. The SMILES string of the molecule is CC(=O)N(O)CCCCCNC(=O)CCC(=O)N(O)CCCCCNC(=O)CCC(=O)N(O)CCCCCNc1c(NCCNC(=O)CN(CCN(CC(=O)O)CC(=O)Nc2ccc(C(=O)NCCCCC(NC(=O)NC(CCC(=O)O)C(=O)O)C(=O)O)cc2)CC(=O)O)c(=O)c1=O. The molecule has 2 unspecified atom stereocenters. The molecule has 0 aromatic heterocycles. The molecule has 0 aliphatic carbocycles. The van der Waals surface area contributed by atoms with Gasteiger partial charge in [-0.1, -0.05) is 0 Å². The lowest BCUT2D eigenvalue weighted by Gasteiger charge is -2.25. The van der Waals surface area contributed by atoms with E-state index in [2.05, 4.69) is 42.5 Å². The number of hydrogen-bond donors (Lipinski definition) is 17. The highest BCUT2D eigenvalue weighted by Crippen LogP contribution is 2.15. The topological polar surface area (TPSA) is 559 Å². The molecule has 546 valence electrons. The van der Waals surface area contributed by atoms with Gasteiger partial charge in [0, 0.05) is 122 Å². The van der Waals surface area contributed by atoms with E-state index in [9.17, 15) is 113 Å². The van der Waals surface area contributed by atoms with Crippen LogP contribution in [0.3, 0.4) is 0 Å². The molecule has 2 aromatic carbocycles. The molecule has 10 amide bonds. The fraction of sp³-hybridized carbons (Fsp3) is 0.600. The fourth-order valence-corrected chi connectivity index (χ4v) is 9.14. The number of unbranched alkanes of at least 4 members (excludes halogenated alkanes) is 7. The summed E-state index contributed by atoms with van der Waals surface area (Å²) < 4.78 is 0. The van der Waals surface area contributed by atoms with Gasteiger partial charge in [-0.15, -0.1) is 0 Å². The predicted molar refractivity (Wildman–Crippen MR) is 344 cm³/mol. The normalized spacial score (nSPS) is 11.5. The molecule has 2 aromatic rings. The highest BCUT2D eigenvalue weighted by atomic mass is 16.5. The van der Waals surface area contributed by atoms with E-state index in [0.717, 1.165) is 0 Å². The first-order chi connectivity index (χ1) is 46.5. The molecule has 0 radical (unpaired) electrons. The summed E-state index contributed by atoms with van der Waals surface area (Å²) in [5.74, 6) is -11.2. The summed E-state index contributed by atoms with van der Waals surface area (Å²) in [5.41, 5.74) is -1.18. The molecule has 0 aliphatic rings. The van der Waals surface area contributed by atoms with Gasteiger partial charge in [0.1, 0.15) is 23.5 Å². The van der Waals surface area contributed by atoms with Crippen LogP contribution in [0.15, 0.2) is 33.9 Å². The second kappa shape index (κ2) is 47.1. The van der Waals surface area contributed by atoms with Crippen molar-refractivity contribution in [3.05, 3.63) is 50.3 Å². The smallest absolute Gasteiger partial charge is 0.326 e. The standard InChI is InChI=1S/C60H92N14O24/c1-39(75)72(96)30-10-2-6-24-61-44(76)19-21-48(80)73(97)31-11-3-7-25-62-45(77)20-22-49(81)74(98)32-12-4-8-26-64-53-54(56(89)55(53)88)65-29-28-63-46(78)35-70(37-51(84)85)33-34-71(38-52(86)87)36-47(79)67-41-16-14-40(15-17-41)57(90)66-27-9-5-13-42(58(91)92)68-60(95)69-43(59(93)94)18-23-50(82)83/h14-17,42-43,64-65,96-98H,2-13,18-38H2,1H3,(H,61,76)(H,62,77)(H,63,78)(H,66,90)(H,67,79)(H,82,83)(H,84,85)(H,86,87)(H,91,92)(H,93,94)(H2,68,69,95). The Bertz CT molecular complexity index is 3050. The number of carboxylic acid groups (broad SMARTS) is 5. The van der Waals surface area contributed by atoms with E-state index in [1.54, 1.807) is 0 Å². The van der Waals surface area contributed by atoms with Crippen molar-refractivity contribution in [2.75, 3.05) is 114 Å². The third kappa shape index (κ3) is 36.8. The minimum atomic E-state index is -1.57. The van der Waals surface area contributed by atoms with Gasteiger partial charge in [0.25, 0.3) is 16.8 Å². The third-order valence-electron chi connectivity index (χ3n) is 14.5. The Morgan fingerprint density at radius 2 is 0.837 bits per heavy atom. The maximum Gasteiger partial charge on any atom is 0.326 e. The molecule has 0 aliphatic heterocycles. The number of nitrogens with one attached hydrogen (secondary N) is 9. The van der Waals surface area contributed by atoms with Crippen LogP contribution in [-0.2, 0) is 57.5 Å². The van der Waals surface area contributed by atoms with Crippen molar-refractivity contribution < 1.29 is 108 Å². The molecule has 2 rings (SSSR count). The predicted octanol–water partition coefficient (Wildman–Crippen LogP) is -1.42. The van der Waals surface area contributed by atoms with Gasteiger partial charge in [0.05, 0.1) is 26.2 Å². The van der Waals surface area contributed by atoms with Crippen molar-refractivity contribution >= 4 is 100 Å². The zero-order chi connectivity index (χ0) is 73.1. The summed E-state index contributed by atoms with van der Waals surface area (Å²) in [6.45, 7) is -0.338. The summed E-state index contributed by atoms with van der Waals surface area (Å²) in [4.78, 5) is 195. The van der Waals surface area contributed by atoms with Gasteiger partial charge in [-0.25, -0.2) is 29.6 Å². The summed E-state index contributed by atoms with van der Waals surface area (Å²) in [7, 11) is 0. The van der Waals surface area contributed by atoms with Gasteiger partial charge >= 0.3 is 35.9 Å². The second-order valence-corrected chi connectivity index (χ2v) is 22.6. The van der Waals surface area contributed by atoms with Crippen LogP contribution in [0.25, 0.3) is 0 Å². The molecular formula is C60H92N14O24. The Labute approximate surface area is 562 Å². The van der Waals surface area contributed by atoms with Gasteiger partial charge in [-0.3, -0.25) is 87.8 Å². The first-order valence-electron chi connectivity index (χ1n) is 31.8. The molecule has 0 bridgehead atoms. The molecular weight excluding hydrogens is 1300 g/mol. The molecule has 98 heavy (non-hydrogen) atoms. The van der Waals surface area contributed by atoms with E-state index in [1.165, 1.54) is 41.0 Å². The summed E-state index contributed by atoms with van der Waals surface area (Å²) in [5, 5.41) is 101. The maximum absolute atomic E-state index is 13.0. The first-order valence-corrected chi connectivity index (χ1v) is 31.8. The average Bonchev–Trinajstić information content (AvgIpc) is 0.787. The first kappa shape index (κ1) is 84.2. The molecule has 0 saturated carbocycles. The highest BCUT2D eigenvalue weighted by molar-refractivity contribution is 5.96. The summed E-state index contributed by atoms with van der Waals surface area (Å²) in [6, 6.07) is 1.43. The molecule has 0 heterocycles. The molecule has 38 nitrogen and oxygen atoms in total. The van der Waals surface area contributed by atoms with E-state index in [-0.39, 0.29) is 139 Å². The Morgan fingerprint density at radius 3 is 1.31 bits per heavy atom. The number of carbonyl (C=O) groups excluding carboxylic acids is 9. The summed E-state index contributed by atoms with van der Waals surface area (Å²) in [6.07, 6.45) is 3.26. The zero-order valence-corrected chi connectivity index (χ0v) is 54.6. The average molecular weight is 1390 g/mol. The molecule has 0 spiro atoms. The van der Waals surface area contributed by atoms with E-state index in [1.807, 2.05) is 5.32 Å². The minimum Gasteiger partial charge on any atom is -0.481 e. The molecule has 17 N–H and O–H groups in total. The number of carboxylic acids is 5. The minimum absolute atomic E-state index is 0.0190. The van der Waals surface area contributed by atoms with Gasteiger partial charge in [0.15, 0.2) is 0 Å². The van der Waals surface area contributed by atoms with E-state index >= 15 is 0 Å². The molecule has 0 fully saturated rings. The van der Waals surface area contributed by atoms with Crippen LogP contribution in [0, 0.1) is 0 Å². The molecule has 38 heteroatoms. The van der Waals surface area contributed by atoms with Crippen LogP contribution in [0.4, 0.5) is 21.9 Å². The number of aliphatic carboxylic acids is 5. The van der Waals surface area contributed by atoms with Crippen molar-refractivity contribution in [1.29, 1.82) is 0 Å². The number of urea groups is 1. The monoisotopic (exact) mass is 1390 g/mol. The van der Waals surface area contributed by atoms with E-state index in [4.69, 9.17) is 5.11 Å². The Kier molecular flexibility index (Phi) is 40.4. The van der Waals surface area contributed by atoms with Crippen LogP contribution in [0.5, 0.6) is 0 Å². The number of rotatable bonds is 54. The van der Waals surface area contributed by atoms with Crippen molar-refractivity contribution in [2.24, 2.45) is 0 Å². The lowest BCUT2D eigenvalue weighted by Crippen LogP contribution is -2.51. The van der Waals surface area contributed by atoms with Crippen LogP contribution in [0.1, 0.15) is 133 Å².